The molecule has 0 radical (unpaired) electrons. The Morgan fingerprint density at radius 3 is 2.45 bits per heavy atom. The molecule has 0 spiro atoms. The number of benzene rings is 1. The van der Waals surface area contributed by atoms with E-state index in [1.54, 1.807) is 12.1 Å². The summed E-state index contributed by atoms with van der Waals surface area (Å²) in [7, 11) is 0. The summed E-state index contributed by atoms with van der Waals surface area (Å²) in [4.78, 5) is 11.5. The Hall–Kier alpha value is -3.23. The Balaban J connectivity index is 1.78. The van der Waals surface area contributed by atoms with Gasteiger partial charge in [0, 0.05) is 17.3 Å². The molecule has 9 heteroatoms. The van der Waals surface area contributed by atoms with Crippen LogP contribution < -0.4 is 10.5 Å². The molecule has 0 saturated heterocycles. The van der Waals surface area contributed by atoms with Crippen molar-refractivity contribution in [3.05, 3.63) is 59.9 Å². The second-order valence-electron chi connectivity index (χ2n) is 6.81. The van der Waals surface area contributed by atoms with Gasteiger partial charge in [-0.15, -0.1) is 0 Å². The van der Waals surface area contributed by atoms with Crippen molar-refractivity contribution in [2.45, 2.75) is 31.4 Å². The summed E-state index contributed by atoms with van der Waals surface area (Å²) in [5.41, 5.74) is 5.52. The molecule has 2 N–H and O–H groups in total. The monoisotopic (exact) mass is 404 g/mol. The van der Waals surface area contributed by atoms with Crippen LogP contribution >= 0.6 is 0 Å². The number of hydrogen-bond acceptors (Lipinski definition) is 5. The fourth-order valence-corrected chi connectivity index (χ4v) is 3.14. The van der Waals surface area contributed by atoms with Crippen LogP contribution in [0.25, 0.3) is 11.3 Å². The molecule has 3 aromatic rings. The van der Waals surface area contributed by atoms with Gasteiger partial charge in [-0.1, -0.05) is 12.5 Å². The quantitative estimate of drug-likeness (QED) is 0.595. The molecule has 2 heterocycles. The van der Waals surface area contributed by atoms with Crippen LogP contribution in [0.5, 0.6) is 11.5 Å². The summed E-state index contributed by atoms with van der Waals surface area (Å²) in [6.45, 7) is 0. The number of anilines is 1. The molecule has 5 nitrogen and oxygen atoms in total. The van der Waals surface area contributed by atoms with Gasteiger partial charge in [0.15, 0.2) is 11.6 Å². The van der Waals surface area contributed by atoms with Gasteiger partial charge in [-0.25, -0.2) is 9.37 Å². The van der Waals surface area contributed by atoms with Gasteiger partial charge in [-0.3, -0.25) is 9.97 Å². The number of pyridine rings is 1. The lowest BCUT2D eigenvalue weighted by molar-refractivity contribution is -0.137. The van der Waals surface area contributed by atoms with E-state index in [4.69, 9.17) is 10.5 Å². The van der Waals surface area contributed by atoms with Crippen molar-refractivity contribution >= 4 is 5.82 Å². The topological polar surface area (TPSA) is 73.9 Å². The van der Waals surface area contributed by atoms with Crippen molar-refractivity contribution in [2.24, 2.45) is 0 Å². The van der Waals surface area contributed by atoms with E-state index < -0.39 is 17.6 Å². The Labute approximate surface area is 163 Å². The summed E-state index contributed by atoms with van der Waals surface area (Å²) in [6.07, 6.45) is 2.57. The van der Waals surface area contributed by atoms with Crippen LogP contribution in [0.15, 0.2) is 43.0 Å². The molecule has 1 aliphatic carbocycles. The van der Waals surface area contributed by atoms with E-state index in [0.29, 0.717) is 11.8 Å². The molecule has 150 valence electrons. The third-order valence-corrected chi connectivity index (χ3v) is 4.88. The van der Waals surface area contributed by atoms with Crippen LogP contribution in [0, 0.1) is 5.82 Å². The molecule has 2 aromatic heterocycles. The number of aromatic nitrogens is 3. The normalized spacial score (nSPS) is 14.5. The molecule has 0 bridgehead atoms. The number of nitrogens with two attached hydrogens (primary N) is 1. The van der Waals surface area contributed by atoms with Gasteiger partial charge in [-0.05, 0) is 30.9 Å². The van der Waals surface area contributed by atoms with Gasteiger partial charge in [-0.2, -0.15) is 13.2 Å². The summed E-state index contributed by atoms with van der Waals surface area (Å²) in [6, 6.07) is 4.09. The summed E-state index contributed by atoms with van der Waals surface area (Å²) in [5.74, 6) is -0.755. The first-order valence-corrected chi connectivity index (χ1v) is 8.93. The fourth-order valence-electron chi connectivity index (χ4n) is 3.14. The van der Waals surface area contributed by atoms with Crippen LogP contribution in [0.2, 0.25) is 0 Å². The molecule has 4 rings (SSSR count). The first-order chi connectivity index (χ1) is 13.8. The smallest absolute Gasteiger partial charge is 0.418 e. The Bertz CT molecular complexity index is 1030. The molecule has 29 heavy (non-hydrogen) atoms. The van der Waals surface area contributed by atoms with Crippen LogP contribution in [-0.2, 0) is 6.18 Å². The van der Waals surface area contributed by atoms with Crippen molar-refractivity contribution in [1.82, 2.24) is 15.0 Å². The van der Waals surface area contributed by atoms with Gasteiger partial charge in [0.2, 0.25) is 0 Å². The molecule has 1 aliphatic rings. The van der Waals surface area contributed by atoms with E-state index in [1.165, 1.54) is 12.4 Å². The average Bonchev–Trinajstić information content (AvgIpc) is 2.64. The van der Waals surface area contributed by atoms with Crippen LogP contribution in [0.4, 0.5) is 23.4 Å². The van der Waals surface area contributed by atoms with E-state index in [1.807, 2.05) is 0 Å². The maximum absolute atomic E-state index is 15.4. The second-order valence-corrected chi connectivity index (χ2v) is 6.81. The Morgan fingerprint density at radius 2 is 1.83 bits per heavy atom. The zero-order valence-electron chi connectivity index (χ0n) is 15.1. The van der Waals surface area contributed by atoms with Crippen molar-refractivity contribution in [3.63, 3.8) is 0 Å². The zero-order valence-corrected chi connectivity index (χ0v) is 15.1. The van der Waals surface area contributed by atoms with Gasteiger partial charge in [0.1, 0.15) is 11.6 Å². The highest BCUT2D eigenvalue weighted by atomic mass is 19.4. The number of rotatable bonds is 4. The van der Waals surface area contributed by atoms with E-state index in [-0.39, 0.29) is 34.5 Å². The molecule has 1 aromatic carbocycles. The third-order valence-electron chi connectivity index (χ3n) is 4.88. The van der Waals surface area contributed by atoms with E-state index in [9.17, 15) is 13.2 Å². The summed E-state index contributed by atoms with van der Waals surface area (Å²) in [5, 5.41) is 0. The molecular weight excluding hydrogens is 388 g/mol. The highest BCUT2D eigenvalue weighted by molar-refractivity contribution is 5.64. The molecular formula is C20H16F4N4O. The highest BCUT2D eigenvalue weighted by Gasteiger charge is 2.32. The standard InChI is InChI=1S/C20H16F4N4O/c21-18-15(16-9-28-17(25)10-27-16)5-4-14(11-2-1-3-11)19(18)29-13-6-12(7-26-8-13)20(22,23)24/h4-11H,1-3H2,(H2,25,28). The lowest BCUT2D eigenvalue weighted by atomic mass is 9.79. The van der Waals surface area contributed by atoms with Crippen molar-refractivity contribution in [2.75, 3.05) is 5.73 Å². The summed E-state index contributed by atoms with van der Waals surface area (Å²) >= 11 is 0. The fraction of sp³-hybridized carbons (Fsp3) is 0.250. The number of halogens is 4. The maximum Gasteiger partial charge on any atom is 0.418 e. The lowest BCUT2D eigenvalue weighted by Gasteiger charge is -2.28. The zero-order chi connectivity index (χ0) is 20.6. The molecule has 0 aliphatic heterocycles. The maximum atomic E-state index is 15.4. The SMILES string of the molecule is Nc1cnc(-c2ccc(C3CCC3)c(Oc3cncc(C(F)(F)F)c3)c2F)cn1. The molecule has 1 saturated carbocycles. The number of nitrogen functional groups attached to an aromatic ring is 1. The van der Waals surface area contributed by atoms with Gasteiger partial charge in [0.25, 0.3) is 0 Å². The lowest BCUT2D eigenvalue weighted by Crippen LogP contribution is -2.11. The van der Waals surface area contributed by atoms with Crippen LogP contribution in [0.3, 0.4) is 0 Å². The molecule has 0 unspecified atom stereocenters. The predicted octanol–water partition coefficient (Wildman–Crippen LogP) is 5.34. The number of hydrogen-bond donors (Lipinski definition) is 1. The average molecular weight is 404 g/mol. The van der Waals surface area contributed by atoms with Gasteiger partial charge < -0.3 is 10.5 Å². The molecule has 1 fully saturated rings. The minimum absolute atomic E-state index is 0.0878. The minimum atomic E-state index is -4.58. The van der Waals surface area contributed by atoms with E-state index in [0.717, 1.165) is 31.5 Å². The van der Waals surface area contributed by atoms with E-state index in [2.05, 4.69) is 15.0 Å². The number of nitrogens with zero attached hydrogens (tertiary/aromatic N) is 3. The Morgan fingerprint density at radius 1 is 1.03 bits per heavy atom. The van der Waals surface area contributed by atoms with Crippen LogP contribution in [-0.4, -0.2) is 15.0 Å². The third kappa shape index (κ3) is 3.85. The van der Waals surface area contributed by atoms with Crippen molar-refractivity contribution in [3.8, 4) is 22.8 Å². The van der Waals surface area contributed by atoms with Crippen molar-refractivity contribution in [1.29, 1.82) is 0 Å². The first kappa shape index (κ1) is 19.1. The molecule has 0 amide bonds. The highest BCUT2D eigenvalue weighted by Crippen LogP contribution is 2.45. The van der Waals surface area contributed by atoms with E-state index >= 15 is 4.39 Å². The largest absolute Gasteiger partial charge is 0.452 e. The number of alkyl halides is 3. The predicted molar refractivity (Wildman–Crippen MR) is 97.7 cm³/mol. The molecule has 0 atom stereocenters. The first-order valence-electron chi connectivity index (χ1n) is 8.93. The van der Waals surface area contributed by atoms with Gasteiger partial charge >= 0.3 is 6.18 Å². The second kappa shape index (κ2) is 7.31. The number of ether oxygens (including phenoxy) is 1. The minimum Gasteiger partial charge on any atom is -0.452 e. The Kier molecular flexibility index (Phi) is 4.81. The van der Waals surface area contributed by atoms with Crippen molar-refractivity contribution < 1.29 is 22.3 Å². The van der Waals surface area contributed by atoms with Crippen LogP contribution in [0.1, 0.15) is 36.3 Å². The van der Waals surface area contributed by atoms with Gasteiger partial charge in [0.05, 0.1) is 29.8 Å². The summed E-state index contributed by atoms with van der Waals surface area (Å²) < 4.78 is 59.9.